The second-order valence-corrected chi connectivity index (χ2v) is 6.98. The topological polar surface area (TPSA) is 52.7 Å². The summed E-state index contributed by atoms with van der Waals surface area (Å²) in [5.41, 5.74) is 7.38. The van der Waals surface area contributed by atoms with Gasteiger partial charge >= 0.3 is 0 Å². The van der Waals surface area contributed by atoms with E-state index in [0.29, 0.717) is 6.54 Å². The fraction of sp³-hybridized carbons (Fsp3) is 0.625. The summed E-state index contributed by atoms with van der Waals surface area (Å²) < 4.78 is 0. The molecule has 1 aliphatic heterocycles. The van der Waals surface area contributed by atoms with E-state index in [9.17, 15) is 5.11 Å². The molecule has 3 N–H and O–H groups in total. The van der Waals surface area contributed by atoms with Crippen molar-refractivity contribution in [2.45, 2.75) is 32.4 Å². The third-order valence-corrected chi connectivity index (χ3v) is 4.12. The number of hydrogen-bond acceptors (Lipinski definition) is 4. The van der Waals surface area contributed by atoms with Crippen LogP contribution in [0, 0.1) is 0 Å². The zero-order valence-corrected chi connectivity index (χ0v) is 13.9. The predicted octanol–water partition coefficient (Wildman–Crippen LogP) is 2.25. The third-order valence-electron chi connectivity index (χ3n) is 3.82. The van der Waals surface area contributed by atoms with Gasteiger partial charge in [0.2, 0.25) is 0 Å². The Hall–Kier alpha value is -0.810. The van der Waals surface area contributed by atoms with E-state index in [1.807, 2.05) is 26.8 Å². The summed E-state index contributed by atoms with van der Waals surface area (Å²) in [6.45, 7) is 10.1. The Balaban J connectivity index is 1.99. The van der Waals surface area contributed by atoms with Crippen molar-refractivity contribution in [3.05, 3.63) is 28.8 Å². The van der Waals surface area contributed by atoms with Gasteiger partial charge in [-0.25, -0.2) is 0 Å². The highest BCUT2D eigenvalue weighted by molar-refractivity contribution is 6.33. The van der Waals surface area contributed by atoms with Crippen molar-refractivity contribution in [1.82, 2.24) is 4.90 Å². The number of anilines is 1. The van der Waals surface area contributed by atoms with E-state index in [2.05, 4.69) is 21.9 Å². The quantitative estimate of drug-likeness (QED) is 0.895. The van der Waals surface area contributed by atoms with E-state index in [0.717, 1.165) is 42.5 Å². The Morgan fingerprint density at radius 2 is 1.90 bits per heavy atom. The van der Waals surface area contributed by atoms with Crippen molar-refractivity contribution in [3.63, 3.8) is 0 Å². The lowest BCUT2D eigenvalue weighted by Crippen LogP contribution is -2.50. The lowest BCUT2D eigenvalue weighted by atomic mass is 10.1. The van der Waals surface area contributed by atoms with Crippen LogP contribution in [0.25, 0.3) is 0 Å². The van der Waals surface area contributed by atoms with Crippen molar-refractivity contribution in [1.29, 1.82) is 0 Å². The van der Waals surface area contributed by atoms with Crippen LogP contribution in [-0.4, -0.2) is 48.3 Å². The van der Waals surface area contributed by atoms with Crippen LogP contribution in [0.1, 0.15) is 32.4 Å². The van der Waals surface area contributed by atoms with Crippen LogP contribution in [0.15, 0.2) is 18.2 Å². The molecule has 4 nitrogen and oxygen atoms in total. The zero-order chi connectivity index (χ0) is 15.6. The van der Waals surface area contributed by atoms with E-state index in [1.54, 1.807) is 0 Å². The molecule has 5 heteroatoms. The maximum atomic E-state index is 9.89. The van der Waals surface area contributed by atoms with Crippen LogP contribution in [0.2, 0.25) is 5.02 Å². The highest BCUT2D eigenvalue weighted by Gasteiger charge is 2.23. The van der Waals surface area contributed by atoms with Gasteiger partial charge in [0.25, 0.3) is 0 Å². The second-order valence-electron chi connectivity index (χ2n) is 6.58. The fourth-order valence-electron chi connectivity index (χ4n) is 2.76. The lowest BCUT2D eigenvalue weighted by molar-refractivity contribution is 0.0345. The number of piperazine rings is 1. The normalized spacial score (nSPS) is 18.9. The Bertz CT molecular complexity index is 477. The minimum atomic E-state index is -0.640. The Morgan fingerprint density at radius 1 is 1.29 bits per heavy atom. The number of rotatable bonds is 4. The van der Waals surface area contributed by atoms with Gasteiger partial charge in [0.15, 0.2) is 0 Å². The maximum Gasteiger partial charge on any atom is 0.0718 e. The number of β-amino-alcohol motifs (C(OH)–C–C–N with tert-alkyl or cyclic N) is 1. The van der Waals surface area contributed by atoms with Crippen LogP contribution in [0.3, 0.4) is 0 Å². The Kier molecular flexibility index (Phi) is 5.15. The monoisotopic (exact) mass is 311 g/mol. The molecule has 1 heterocycles. The molecule has 0 saturated carbocycles. The van der Waals surface area contributed by atoms with Crippen molar-refractivity contribution >= 4 is 17.3 Å². The minimum absolute atomic E-state index is 0.000169. The first-order valence-electron chi connectivity index (χ1n) is 7.51. The lowest BCUT2D eigenvalue weighted by Gasteiger charge is -2.38. The summed E-state index contributed by atoms with van der Waals surface area (Å²) in [4.78, 5) is 4.59. The maximum absolute atomic E-state index is 9.89. The first-order valence-corrected chi connectivity index (χ1v) is 7.89. The smallest absolute Gasteiger partial charge is 0.0718 e. The molecule has 21 heavy (non-hydrogen) atoms. The number of halogens is 1. The summed E-state index contributed by atoms with van der Waals surface area (Å²) in [5, 5.41) is 10.7. The van der Waals surface area contributed by atoms with E-state index in [4.69, 9.17) is 17.3 Å². The van der Waals surface area contributed by atoms with Gasteiger partial charge in [0.1, 0.15) is 0 Å². The molecule has 1 aromatic rings. The van der Waals surface area contributed by atoms with Crippen molar-refractivity contribution in [2.75, 3.05) is 37.6 Å². The molecule has 1 aliphatic rings. The van der Waals surface area contributed by atoms with E-state index in [-0.39, 0.29) is 6.04 Å². The van der Waals surface area contributed by atoms with E-state index in [1.165, 1.54) is 0 Å². The van der Waals surface area contributed by atoms with Gasteiger partial charge in [-0.15, -0.1) is 0 Å². The van der Waals surface area contributed by atoms with E-state index >= 15 is 0 Å². The molecule has 1 fully saturated rings. The number of benzene rings is 1. The molecule has 1 saturated heterocycles. The molecule has 2 rings (SSSR count). The SMILES string of the molecule is C[C@@H](N)c1ccc(N2CCN(CC(C)(C)O)CC2)c(Cl)c1. The van der Waals surface area contributed by atoms with Crippen LogP contribution >= 0.6 is 11.6 Å². The van der Waals surface area contributed by atoms with Crippen molar-refractivity contribution in [2.24, 2.45) is 5.73 Å². The van der Waals surface area contributed by atoms with Crippen LogP contribution in [-0.2, 0) is 0 Å². The summed E-state index contributed by atoms with van der Waals surface area (Å²) in [7, 11) is 0. The zero-order valence-electron chi connectivity index (χ0n) is 13.1. The van der Waals surface area contributed by atoms with Gasteiger partial charge < -0.3 is 15.7 Å². The summed E-state index contributed by atoms with van der Waals surface area (Å²) >= 11 is 6.40. The minimum Gasteiger partial charge on any atom is -0.389 e. The molecular formula is C16H26ClN3O. The number of hydrogen-bond donors (Lipinski definition) is 2. The number of nitrogens with zero attached hydrogens (tertiary/aromatic N) is 2. The summed E-state index contributed by atoms with van der Waals surface area (Å²) in [6, 6.07) is 6.08. The first kappa shape index (κ1) is 16.6. The standard InChI is InChI=1S/C16H26ClN3O/c1-12(18)13-4-5-15(14(17)10-13)20-8-6-19(7-9-20)11-16(2,3)21/h4-5,10,12,21H,6-9,11,18H2,1-3H3/t12-/m1/s1. The van der Waals surface area contributed by atoms with Gasteiger partial charge in [-0.3, -0.25) is 4.90 Å². The molecule has 118 valence electrons. The molecule has 0 amide bonds. The average molecular weight is 312 g/mol. The highest BCUT2D eigenvalue weighted by atomic mass is 35.5. The van der Waals surface area contributed by atoms with Crippen molar-refractivity contribution in [3.8, 4) is 0 Å². The fourth-order valence-corrected chi connectivity index (χ4v) is 3.07. The third kappa shape index (κ3) is 4.58. The van der Waals surface area contributed by atoms with Crippen LogP contribution in [0.5, 0.6) is 0 Å². The number of nitrogens with two attached hydrogens (primary N) is 1. The Labute approximate surface area is 132 Å². The van der Waals surface area contributed by atoms with Gasteiger partial charge in [0, 0.05) is 38.8 Å². The Morgan fingerprint density at radius 3 is 2.38 bits per heavy atom. The average Bonchev–Trinajstić information content (AvgIpc) is 2.38. The molecule has 0 spiro atoms. The molecular weight excluding hydrogens is 286 g/mol. The van der Waals surface area contributed by atoms with Gasteiger partial charge in [0.05, 0.1) is 16.3 Å². The molecule has 0 aliphatic carbocycles. The molecule has 0 bridgehead atoms. The van der Waals surface area contributed by atoms with E-state index < -0.39 is 5.60 Å². The van der Waals surface area contributed by atoms with Gasteiger partial charge in [-0.05, 0) is 38.5 Å². The molecule has 0 aromatic heterocycles. The van der Waals surface area contributed by atoms with Crippen LogP contribution in [0.4, 0.5) is 5.69 Å². The molecule has 1 aromatic carbocycles. The molecule has 0 unspecified atom stereocenters. The predicted molar refractivity (Wildman–Crippen MR) is 89.0 cm³/mol. The molecule has 0 radical (unpaired) electrons. The summed E-state index contributed by atoms with van der Waals surface area (Å²) in [5.74, 6) is 0. The second kappa shape index (κ2) is 6.53. The van der Waals surface area contributed by atoms with Crippen molar-refractivity contribution < 1.29 is 5.11 Å². The first-order chi connectivity index (χ1) is 9.76. The highest BCUT2D eigenvalue weighted by Crippen LogP contribution is 2.29. The summed E-state index contributed by atoms with van der Waals surface area (Å²) in [6.07, 6.45) is 0. The largest absolute Gasteiger partial charge is 0.389 e. The number of aliphatic hydroxyl groups is 1. The van der Waals surface area contributed by atoms with Gasteiger partial charge in [-0.1, -0.05) is 17.7 Å². The van der Waals surface area contributed by atoms with Crippen LogP contribution < -0.4 is 10.6 Å². The van der Waals surface area contributed by atoms with Gasteiger partial charge in [-0.2, -0.15) is 0 Å². The molecule has 1 atom stereocenters.